The van der Waals surface area contributed by atoms with Crippen LogP contribution in [0.5, 0.6) is 5.75 Å². The third-order valence-electron chi connectivity index (χ3n) is 6.44. The largest absolute Gasteiger partial charge is 0.490 e. The standard InChI is InChI=1S/C24H27F5N2O5/c1-13-18(16-4-5-17(25)19(26)20(16)35-12-14(10-32)11-34-3)21(36-23(13,2)24(27,28)29)22(33)31-15-6-8-30-9-7-15/h4-9,13-14,18,21,32H,10-12H2,1-3H3,(H,30,31,33)/t13-,14?,18-,21+,23+/m0/s1. The van der Waals surface area contributed by atoms with Gasteiger partial charge in [0, 0.05) is 48.5 Å². The van der Waals surface area contributed by atoms with E-state index in [-0.39, 0.29) is 24.5 Å². The number of aliphatic hydroxyl groups is 1. The maximum atomic E-state index is 14.9. The lowest BCUT2D eigenvalue weighted by molar-refractivity contribution is -0.272. The molecule has 12 heteroatoms. The van der Waals surface area contributed by atoms with E-state index in [4.69, 9.17) is 14.2 Å². The van der Waals surface area contributed by atoms with Crippen LogP contribution in [0, 0.1) is 23.5 Å². The molecule has 2 N–H and O–H groups in total. The van der Waals surface area contributed by atoms with Crippen molar-refractivity contribution in [2.24, 2.45) is 11.8 Å². The summed E-state index contributed by atoms with van der Waals surface area (Å²) in [6.07, 6.45) is -3.84. The maximum absolute atomic E-state index is 14.9. The van der Waals surface area contributed by atoms with Crippen LogP contribution >= 0.6 is 0 Å². The Morgan fingerprint density at radius 2 is 1.89 bits per heavy atom. The van der Waals surface area contributed by atoms with Crippen molar-refractivity contribution in [3.05, 3.63) is 53.9 Å². The molecule has 1 saturated heterocycles. The summed E-state index contributed by atoms with van der Waals surface area (Å²) in [6, 6.07) is 4.71. The first kappa shape index (κ1) is 27.8. The van der Waals surface area contributed by atoms with Crippen molar-refractivity contribution >= 4 is 11.6 Å². The van der Waals surface area contributed by atoms with Gasteiger partial charge in [0.25, 0.3) is 5.91 Å². The van der Waals surface area contributed by atoms with Gasteiger partial charge in [-0.1, -0.05) is 13.0 Å². The summed E-state index contributed by atoms with van der Waals surface area (Å²) in [6.45, 7) is 1.36. The van der Waals surface area contributed by atoms with Crippen LogP contribution in [-0.2, 0) is 14.3 Å². The topological polar surface area (TPSA) is 89.9 Å². The highest BCUT2D eigenvalue weighted by Crippen LogP contribution is 2.55. The lowest BCUT2D eigenvalue weighted by Crippen LogP contribution is -2.47. The van der Waals surface area contributed by atoms with E-state index in [9.17, 15) is 31.9 Å². The smallest absolute Gasteiger partial charge is 0.417 e. The van der Waals surface area contributed by atoms with Crippen LogP contribution in [0.15, 0.2) is 36.7 Å². The molecule has 3 rings (SSSR count). The molecule has 1 aliphatic heterocycles. The third-order valence-corrected chi connectivity index (χ3v) is 6.44. The number of anilines is 1. The number of nitrogens with one attached hydrogen (secondary N) is 1. The number of nitrogens with zero attached hydrogens (tertiary/aromatic N) is 1. The summed E-state index contributed by atoms with van der Waals surface area (Å²) in [5, 5.41) is 12.0. The number of aromatic nitrogens is 1. The number of halogens is 5. The Labute approximate surface area is 204 Å². The van der Waals surface area contributed by atoms with Gasteiger partial charge >= 0.3 is 6.18 Å². The number of alkyl halides is 3. The SMILES string of the molecule is COCC(CO)COc1c([C@H]2[C@H](C(=O)Nc3ccncc3)O[C@@](C)(C(F)(F)F)[C@H]2C)ccc(F)c1F. The van der Waals surface area contributed by atoms with E-state index in [1.54, 1.807) is 0 Å². The number of pyridine rings is 1. The Morgan fingerprint density at radius 1 is 1.22 bits per heavy atom. The molecular weight excluding hydrogens is 491 g/mol. The second-order valence-electron chi connectivity index (χ2n) is 8.78. The molecule has 1 aliphatic rings. The van der Waals surface area contributed by atoms with E-state index < -0.39 is 65.5 Å². The van der Waals surface area contributed by atoms with Crippen molar-refractivity contribution in [2.45, 2.75) is 37.6 Å². The number of amides is 1. The summed E-state index contributed by atoms with van der Waals surface area (Å²) in [4.78, 5) is 17.0. The molecule has 0 bridgehead atoms. The van der Waals surface area contributed by atoms with Crippen LogP contribution in [-0.4, -0.2) is 60.8 Å². The fourth-order valence-corrected chi connectivity index (χ4v) is 4.22. The van der Waals surface area contributed by atoms with Crippen molar-refractivity contribution in [3.63, 3.8) is 0 Å². The van der Waals surface area contributed by atoms with Crippen molar-refractivity contribution in [1.29, 1.82) is 0 Å². The Hall–Kier alpha value is -2.83. The van der Waals surface area contributed by atoms with E-state index in [0.717, 1.165) is 19.1 Å². The Morgan fingerprint density at radius 3 is 2.47 bits per heavy atom. The summed E-state index contributed by atoms with van der Waals surface area (Å²) < 4.78 is 87.2. The van der Waals surface area contributed by atoms with Crippen LogP contribution < -0.4 is 10.1 Å². The van der Waals surface area contributed by atoms with E-state index >= 15 is 0 Å². The summed E-state index contributed by atoms with van der Waals surface area (Å²) in [5.41, 5.74) is -2.68. The Balaban J connectivity index is 2.06. The average molecular weight is 518 g/mol. The minimum absolute atomic E-state index is 0.0365. The van der Waals surface area contributed by atoms with Gasteiger partial charge < -0.3 is 24.6 Å². The van der Waals surface area contributed by atoms with Gasteiger partial charge in [-0.3, -0.25) is 9.78 Å². The van der Waals surface area contributed by atoms with Crippen molar-refractivity contribution < 1.29 is 46.1 Å². The van der Waals surface area contributed by atoms with Crippen molar-refractivity contribution in [1.82, 2.24) is 4.98 Å². The molecule has 5 atom stereocenters. The molecule has 1 fully saturated rings. The zero-order chi connectivity index (χ0) is 26.7. The van der Waals surface area contributed by atoms with E-state index in [0.29, 0.717) is 0 Å². The molecule has 198 valence electrons. The zero-order valence-corrected chi connectivity index (χ0v) is 19.8. The first-order chi connectivity index (χ1) is 16.9. The fraction of sp³-hybridized carbons (Fsp3) is 0.500. The number of aliphatic hydroxyl groups excluding tert-OH is 1. The predicted octanol–water partition coefficient (Wildman–Crippen LogP) is 4.07. The maximum Gasteiger partial charge on any atom is 0.417 e. The van der Waals surface area contributed by atoms with Gasteiger partial charge in [-0.25, -0.2) is 4.39 Å². The number of methoxy groups -OCH3 is 1. The fourth-order valence-electron chi connectivity index (χ4n) is 4.22. The van der Waals surface area contributed by atoms with E-state index in [2.05, 4.69) is 10.3 Å². The molecule has 0 saturated carbocycles. The highest BCUT2D eigenvalue weighted by Gasteiger charge is 2.66. The van der Waals surface area contributed by atoms with Gasteiger partial charge in [-0.05, 0) is 25.1 Å². The van der Waals surface area contributed by atoms with Gasteiger partial charge in [0.15, 0.2) is 17.2 Å². The number of hydrogen-bond donors (Lipinski definition) is 2. The van der Waals surface area contributed by atoms with Gasteiger partial charge in [0.1, 0.15) is 6.10 Å². The second-order valence-corrected chi connectivity index (χ2v) is 8.78. The lowest BCUT2D eigenvalue weighted by Gasteiger charge is -2.32. The number of benzene rings is 1. The molecule has 0 spiro atoms. The third kappa shape index (κ3) is 5.45. The minimum atomic E-state index is -4.88. The van der Waals surface area contributed by atoms with Crippen LogP contribution in [0.1, 0.15) is 25.3 Å². The molecule has 0 radical (unpaired) electrons. The van der Waals surface area contributed by atoms with E-state index in [1.165, 1.54) is 38.6 Å². The molecule has 7 nitrogen and oxygen atoms in total. The molecule has 1 unspecified atom stereocenters. The molecule has 1 amide bonds. The van der Waals surface area contributed by atoms with Crippen molar-refractivity contribution in [2.75, 3.05) is 32.2 Å². The number of carbonyl (C=O) groups excluding carboxylic acids is 1. The van der Waals surface area contributed by atoms with Crippen LogP contribution in [0.25, 0.3) is 0 Å². The molecule has 36 heavy (non-hydrogen) atoms. The number of rotatable bonds is 9. The molecule has 2 heterocycles. The molecule has 1 aromatic heterocycles. The monoisotopic (exact) mass is 518 g/mol. The number of hydrogen-bond acceptors (Lipinski definition) is 6. The minimum Gasteiger partial charge on any atom is -0.490 e. The molecule has 1 aromatic carbocycles. The zero-order valence-electron chi connectivity index (χ0n) is 19.8. The Kier molecular flexibility index (Phi) is 8.52. The summed E-state index contributed by atoms with van der Waals surface area (Å²) in [7, 11) is 1.37. The molecular formula is C24H27F5N2O5. The summed E-state index contributed by atoms with van der Waals surface area (Å²) in [5.74, 6) is -7.66. The summed E-state index contributed by atoms with van der Waals surface area (Å²) >= 11 is 0. The highest BCUT2D eigenvalue weighted by atomic mass is 19.4. The first-order valence-corrected chi connectivity index (χ1v) is 11.1. The predicted molar refractivity (Wildman–Crippen MR) is 118 cm³/mol. The molecule has 0 aliphatic carbocycles. The number of carbonyl (C=O) groups is 1. The quantitative estimate of drug-likeness (QED) is 0.487. The Bertz CT molecular complexity index is 1060. The van der Waals surface area contributed by atoms with Crippen molar-refractivity contribution in [3.8, 4) is 5.75 Å². The molecule has 2 aromatic rings. The normalized spacial score (nSPS) is 25.0. The number of ether oxygens (including phenoxy) is 3. The second kappa shape index (κ2) is 11.1. The van der Waals surface area contributed by atoms with Crippen LogP contribution in [0.3, 0.4) is 0 Å². The lowest BCUT2D eigenvalue weighted by atomic mass is 9.77. The van der Waals surface area contributed by atoms with Gasteiger partial charge in [0.2, 0.25) is 5.82 Å². The van der Waals surface area contributed by atoms with E-state index in [1.807, 2.05) is 0 Å². The van der Waals surface area contributed by atoms with Gasteiger partial charge in [-0.15, -0.1) is 0 Å². The van der Waals surface area contributed by atoms with Crippen LogP contribution in [0.2, 0.25) is 0 Å². The van der Waals surface area contributed by atoms with Gasteiger partial charge in [-0.2, -0.15) is 17.6 Å². The van der Waals surface area contributed by atoms with Crippen LogP contribution in [0.4, 0.5) is 27.6 Å². The first-order valence-electron chi connectivity index (χ1n) is 11.1. The average Bonchev–Trinajstić information content (AvgIpc) is 3.11. The van der Waals surface area contributed by atoms with Gasteiger partial charge in [0.05, 0.1) is 19.8 Å². The highest BCUT2D eigenvalue weighted by molar-refractivity contribution is 5.95.